The van der Waals surface area contributed by atoms with Crippen LogP contribution in [0.3, 0.4) is 0 Å². The van der Waals surface area contributed by atoms with Gasteiger partial charge in [-0.3, -0.25) is 10.4 Å². The van der Waals surface area contributed by atoms with Crippen molar-refractivity contribution < 1.29 is 0 Å². The number of rotatable bonds is 3. The zero-order valence-electron chi connectivity index (χ0n) is 9.69. The maximum absolute atomic E-state index is 5.91. The molecule has 18 heavy (non-hydrogen) atoms. The van der Waals surface area contributed by atoms with Gasteiger partial charge in [0.05, 0.1) is 27.1 Å². The largest absolute Gasteiger partial charge is 0.278 e. The summed E-state index contributed by atoms with van der Waals surface area (Å²) in [6.45, 7) is 1.88. The number of nitrogens with zero attached hydrogens (tertiary/aromatic N) is 2. The van der Waals surface area contributed by atoms with Gasteiger partial charge in [0.2, 0.25) is 0 Å². The van der Waals surface area contributed by atoms with Gasteiger partial charge in [0, 0.05) is 6.20 Å². The molecule has 3 nitrogen and oxygen atoms in total. The minimum Gasteiger partial charge on any atom is -0.278 e. The minimum atomic E-state index is 0.493. The van der Waals surface area contributed by atoms with E-state index in [-0.39, 0.29) is 0 Å². The SMILES string of the molecule is C/C(=N/Nc1ccc(Cl)c(Cl)c1)c1ccccn1. The highest BCUT2D eigenvalue weighted by Crippen LogP contribution is 2.24. The fourth-order valence-corrected chi connectivity index (χ4v) is 1.65. The van der Waals surface area contributed by atoms with Crippen molar-refractivity contribution >= 4 is 34.6 Å². The Morgan fingerprint density at radius 1 is 1.17 bits per heavy atom. The molecule has 0 spiro atoms. The monoisotopic (exact) mass is 279 g/mol. The summed E-state index contributed by atoms with van der Waals surface area (Å²) in [6, 6.07) is 10.9. The summed E-state index contributed by atoms with van der Waals surface area (Å²) in [6.07, 6.45) is 1.73. The molecule has 2 aromatic rings. The van der Waals surface area contributed by atoms with Crippen LogP contribution >= 0.6 is 23.2 Å². The van der Waals surface area contributed by atoms with Crippen molar-refractivity contribution in [1.29, 1.82) is 0 Å². The second kappa shape index (κ2) is 5.85. The maximum Gasteiger partial charge on any atom is 0.0859 e. The van der Waals surface area contributed by atoms with Gasteiger partial charge in [-0.2, -0.15) is 5.10 Å². The second-order valence-corrected chi connectivity index (χ2v) is 4.47. The summed E-state index contributed by atoms with van der Waals surface area (Å²) in [4.78, 5) is 4.20. The number of aromatic nitrogens is 1. The molecule has 0 aliphatic heterocycles. The number of halogens is 2. The highest BCUT2D eigenvalue weighted by molar-refractivity contribution is 6.42. The average molecular weight is 280 g/mol. The van der Waals surface area contributed by atoms with Gasteiger partial charge in [-0.1, -0.05) is 29.3 Å². The van der Waals surface area contributed by atoms with E-state index in [2.05, 4.69) is 15.5 Å². The molecule has 0 bridgehead atoms. The predicted molar refractivity (Wildman–Crippen MR) is 76.5 cm³/mol. The van der Waals surface area contributed by atoms with Crippen LogP contribution in [0.15, 0.2) is 47.7 Å². The molecule has 0 radical (unpaired) electrons. The van der Waals surface area contributed by atoms with Gasteiger partial charge < -0.3 is 0 Å². The number of hydrazone groups is 1. The van der Waals surface area contributed by atoms with Gasteiger partial charge >= 0.3 is 0 Å². The van der Waals surface area contributed by atoms with Gasteiger partial charge in [-0.25, -0.2) is 0 Å². The first-order valence-electron chi connectivity index (χ1n) is 5.33. The van der Waals surface area contributed by atoms with Gasteiger partial charge in [-0.05, 0) is 37.3 Å². The molecule has 0 atom stereocenters. The van der Waals surface area contributed by atoms with Crippen LogP contribution in [0.4, 0.5) is 5.69 Å². The van der Waals surface area contributed by atoms with Crippen molar-refractivity contribution in [3.05, 3.63) is 58.3 Å². The number of anilines is 1. The standard InChI is InChI=1S/C13H11Cl2N3/c1-9(13-4-2-3-7-16-13)17-18-10-5-6-11(14)12(15)8-10/h2-8,18H,1H3/b17-9-. The summed E-state index contributed by atoms with van der Waals surface area (Å²) >= 11 is 11.7. The lowest BCUT2D eigenvalue weighted by molar-refractivity contribution is 1.25. The molecule has 0 aliphatic carbocycles. The molecule has 1 heterocycles. The second-order valence-electron chi connectivity index (χ2n) is 3.65. The summed E-state index contributed by atoms with van der Waals surface area (Å²) in [7, 11) is 0. The highest BCUT2D eigenvalue weighted by Gasteiger charge is 2.00. The molecule has 2 rings (SSSR count). The minimum absolute atomic E-state index is 0.493. The van der Waals surface area contributed by atoms with E-state index in [1.54, 1.807) is 18.3 Å². The Hall–Kier alpha value is -1.58. The molecule has 5 heteroatoms. The van der Waals surface area contributed by atoms with E-state index in [1.807, 2.05) is 31.2 Å². The molecule has 0 aliphatic rings. The number of hydrogen-bond donors (Lipinski definition) is 1. The molecule has 0 saturated heterocycles. The van der Waals surface area contributed by atoms with E-state index in [4.69, 9.17) is 23.2 Å². The van der Waals surface area contributed by atoms with Crippen LogP contribution in [-0.2, 0) is 0 Å². The van der Waals surface area contributed by atoms with E-state index in [0.29, 0.717) is 10.0 Å². The third-order valence-corrected chi connectivity index (χ3v) is 3.05. The summed E-state index contributed by atoms with van der Waals surface area (Å²) in [5, 5.41) is 5.25. The van der Waals surface area contributed by atoms with Gasteiger partial charge in [0.1, 0.15) is 0 Å². The van der Waals surface area contributed by atoms with Gasteiger partial charge in [0.15, 0.2) is 0 Å². The van der Waals surface area contributed by atoms with Crippen LogP contribution in [0, 0.1) is 0 Å². The molecule has 1 aromatic heterocycles. The molecule has 0 fully saturated rings. The normalized spacial score (nSPS) is 11.4. The zero-order chi connectivity index (χ0) is 13.0. The van der Waals surface area contributed by atoms with Crippen molar-refractivity contribution in [3.63, 3.8) is 0 Å². The number of hydrogen-bond acceptors (Lipinski definition) is 3. The lowest BCUT2D eigenvalue weighted by Crippen LogP contribution is -2.01. The van der Waals surface area contributed by atoms with E-state index in [9.17, 15) is 0 Å². The van der Waals surface area contributed by atoms with E-state index < -0.39 is 0 Å². The smallest absolute Gasteiger partial charge is 0.0859 e. The quantitative estimate of drug-likeness (QED) is 0.675. The van der Waals surface area contributed by atoms with E-state index >= 15 is 0 Å². The van der Waals surface area contributed by atoms with Crippen molar-refractivity contribution in [1.82, 2.24) is 4.98 Å². The first-order chi connectivity index (χ1) is 8.66. The maximum atomic E-state index is 5.91. The first-order valence-corrected chi connectivity index (χ1v) is 6.09. The van der Waals surface area contributed by atoms with E-state index in [1.165, 1.54) is 0 Å². The van der Waals surface area contributed by atoms with Crippen LogP contribution in [0.2, 0.25) is 10.0 Å². The highest BCUT2D eigenvalue weighted by atomic mass is 35.5. The molecular formula is C13H11Cl2N3. The lowest BCUT2D eigenvalue weighted by atomic mass is 10.3. The van der Waals surface area contributed by atoms with E-state index in [0.717, 1.165) is 17.1 Å². The Bertz CT molecular complexity index is 568. The molecule has 0 saturated carbocycles. The lowest BCUT2D eigenvalue weighted by Gasteiger charge is -2.04. The number of nitrogens with one attached hydrogen (secondary N) is 1. The number of pyridine rings is 1. The molecule has 0 unspecified atom stereocenters. The molecular weight excluding hydrogens is 269 g/mol. The molecule has 0 amide bonds. The summed E-state index contributed by atoms with van der Waals surface area (Å²) in [5.74, 6) is 0. The summed E-state index contributed by atoms with van der Waals surface area (Å²) < 4.78 is 0. The van der Waals surface area contributed by atoms with Gasteiger partial charge in [-0.15, -0.1) is 0 Å². The third-order valence-electron chi connectivity index (χ3n) is 2.31. The molecule has 1 aromatic carbocycles. The predicted octanol–water partition coefficient (Wildman–Crippen LogP) is 4.22. The van der Waals surface area contributed by atoms with Crippen molar-refractivity contribution in [2.24, 2.45) is 5.10 Å². The van der Waals surface area contributed by atoms with Crippen molar-refractivity contribution in [3.8, 4) is 0 Å². The zero-order valence-corrected chi connectivity index (χ0v) is 11.2. The van der Waals surface area contributed by atoms with Gasteiger partial charge in [0.25, 0.3) is 0 Å². The van der Waals surface area contributed by atoms with Crippen molar-refractivity contribution in [2.45, 2.75) is 6.92 Å². The Balaban J connectivity index is 2.13. The van der Waals surface area contributed by atoms with Crippen LogP contribution in [0.5, 0.6) is 0 Å². The molecule has 1 N–H and O–H groups in total. The Labute approximate surface area is 115 Å². The Morgan fingerprint density at radius 2 is 2.00 bits per heavy atom. The Morgan fingerprint density at radius 3 is 2.67 bits per heavy atom. The first kappa shape index (κ1) is 12.9. The van der Waals surface area contributed by atoms with Crippen LogP contribution in [-0.4, -0.2) is 10.7 Å². The van der Waals surface area contributed by atoms with Crippen LogP contribution in [0.25, 0.3) is 0 Å². The van der Waals surface area contributed by atoms with Crippen molar-refractivity contribution in [2.75, 3.05) is 5.43 Å². The molecule has 92 valence electrons. The number of benzene rings is 1. The van der Waals surface area contributed by atoms with Crippen LogP contribution in [0.1, 0.15) is 12.6 Å². The topological polar surface area (TPSA) is 37.3 Å². The fourth-order valence-electron chi connectivity index (χ4n) is 1.35. The fraction of sp³-hybridized carbons (Fsp3) is 0.0769. The summed E-state index contributed by atoms with van der Waals surface area (Å²) in [5.41, 5.74) is 5.31. The third kappa shape index (κ3) is 3.22. The van der Waals surface area contributed by atoms with Crippen LogP contribution < -0.4 is 5.43 Å². The Kier molecular flexibility index (Phi) is 4.18. The average Bonchev–Trinajstić information content (AvgIpc) is 2.41.